The number of rotatable bonds is 3. The van der Waals surface area contributed by atoms with E-state index in [2.05, 4.69) is 10.6 Å². The van der Waals surface area contributed by atoms with Gasteiger partial charge in [0.1, 0.15) is 0 Å². The van der Waals surface area contributed by atoms with Gasteiger partial charge in [-0.3, -0.25) is 0 Å². The number of aliphatic hydroxyl groups excluding tert-OH is 1. The summed E-state index contributed by atoms with van der Waals surface area (Å²) in [6.45, 7) is 2.20. The summed E-state index contributed by atoms with van der Waals surface area (Å²) in [5.41, 5.74) is 0. The summed E-state index contributed by atoms with van der Waals surface area (Å²) >= 11 is 0. The van der Waals surface area contributed by atoms with Crippen LogP contribution in [-0.4, -0.2) is 36.4 Å². The minimum absolute atomic E-state index is 0.106. The largest absolute Gasteiger partial charge is 0.392 e. The molecule has 2 fully saturated rings. The highest BCUT2D eigenvalue weighted by Crippen LogP contribution is 2.18. The first kappa shape index (κ1) is 10.4. The Morgan fingerprint density at radius 1 is 1.14 bits per heavy atom. The zero-order valence-electron chi connectivity index (χ0n) is 8.84. The van der Waals surface area contributed by atoms with E-state index < -0.39 is 0 Å². The van der Waals surface area contributed by atoms with Crippen molar-refractivity contribution < 1.29 is 5.11 Å². The number of hydrogen-bond acceptors (Lipinski definition) is 3. The Kier molecular flexibility index (Phi) is 3.79. The summed E-state index contributed by atoms with van der Waals surface area (Å²) < 4.78 is 0. The van der Waals surface area contributed by atoms with Gasteiger partial charge in [-0.25, -0.2) is 0 Å². The van der Waals surface area contributed by atoms with Gasteiger partial charge in [0.15, 0.2) is 0 Å². The highest BCUT2D eigenvalue weighted by molar-refractivity contribution is 4.84. The minimum atomic E-state index is -0.106. The van der Waals surface area contributed by atoms with Gasteiger partial charge < -0.3 is 15.7 Å². The molecular weight excluding hydrogens is 176 g/mol. The molecule has 2 rings (SSSR count). The molecule has 3 unspecified atom stereocenters. The van der Waals surface area contributed by atoms with Gasteiger partial charge in [0, 0.05) is 18.6 Å². The third-order valence-corrected chi connectivity index (χ3v) is 3.52. The molecule has 0 bridgehead atoms. The smallest absolute Gasteiger partial charge is 0.0693 e. The van der Waals surface area contributed by atoms with E-state index in [1.165, 1.54) is 32.2 Å². The molecule has 82 valence electrons. The second-order valence-corrected chi connectivity index (χ2v) is 4.66. The van der Waals surface area contributed by atoms with E-state index in [9.17, 15) is 5.11 Å². The maximum Gasteiger partial charge on any atom is 0.0693 e. The van der Waals surface area contributed by atoms with Crippen molar-refractivity contribution in [2.24, 2.45) is 0 Å². The fourth-order valence-electron chi connectivity index (χ4n) is 2.57. The molecule has 1 heterocycles. The van der Waals surface area contributed by atoms with E-state index in [4.69, 9.17) is 0 Å². The summed E-state index contributed by atoms with van der Waals surface area (Å²) in [5, 5.41) is 16.7. The Morgan fingerprint density at radius 3 is 2.71 bits per heavy atom. The predicted octanol–water partition coefficient (Wildman–Crippen LogP) is 0.632. The van der Waals surface area contributed by atoms with E-state index in [-0.39, 0.29) is 6.10 Å². The molecule has 0 aromatic carbocycles. The maximum atomic E-state index is 9.76. The summed E-state index contributed by atoms with van der Waals surface area (Å²) in [5.74, 6) is 0. The standard InChI is InChI=1S/C11H22N2O/c14-11-6-2-1-5-10(11)13-8-9-4-3-7-12-9/h9-14H,1-8H2. The first-order chi connectivity index (χ1) is 6.86. The van der Waals surface area contributed by atoms with Crippen molar-refractivity contribution >= 4 is 0 Å². The van der Waals surface area contributed by atoms with Crippen LogP contribution in [-0.2, 0) is 0 Å². The van der Waals surface area contributed by atoms with Crippen molar-refractivity contribution in [3.63, 3.8) is 0 Å². The Balaban J connectivity index is 1.67. The van der Waals surface area contributed by atoms with Crippen molar-refractivity contribution in [3.05, 3.63) is 0 Å². The molecule has 0 amide bonds. The second kappa shape index (κ2) is 5.10. The number of nitrogens with one attached hydrogen (secondary N) is 2. The molecule has 0 aromatic heterocycles. The molecule has 1 aliphatic heterocycles. The van der Waals surface area contributed by atoms with E-state index in [0.717, 1.165) is 19.4 Å². The van der Waals surface area contributed by atoms with Gasteiger partial charge in [-0.2, -0.15) is 0 Å². The summed E-state index contributed by atoms with van der Waals surface area (Å²) in [6, 6.07) is 0.996. The molecule has 0 radical (unpaired) electrons. The highest BCUT2D eigenvalue weighted by atomic mass is 16.3. The fourth-order valence-corrected chi connectivity index (χ4v) is 2.57. The molecule has 0 spiro atoms. The summed E-state index contributed by atoms with van der Waals surface area (Å²) in [7, 11) is 0. The van der Waals surface area contributed by atoms with Gasteiger partial charge in [0.2, 0.25) is 0 Å². The van der Waals surface area contributed by atoms with Crippen molar-refractivity contribution in [2.45, 2.75) is 56.7 Å². The molecule has 2 aliphatic rings. The topological polar surface area (TPSA) is 44.3 Å². The van der Waals surface area contributed by atoms with Crippen molar-refractivity contribution in [1.82, 2.24) is 10.6 Å². The summed E-state index contributed by atoms with van der Waals surface area (Å²) in [6.07, 6.45) is 7.08. The normalized spacial score (nSPS) is 38.8. The third-order valence-electron chi connectivity index (χ3n) is 3.52. The van der Waals surface area contributed by atoms with Crippen LogP contribution in [0.4, 0.5) is 0 Å². The first-order valence-electron chi connectivity index (χ1n) is 6.01. The molecule has 3 nitrogen and oxygen atoms in total. The monoisotopic (exact) mass is 198 g/mol. The van der Waals surface area contributed by atoms with E-state index >= 15 is 0 Å². The van der Waals surface area contributed by atoms with E-state index in [1.807, 2.05) is 0 Å². The average Bonchev–Trinajstić information content (AvgIpc) is 2.69. The number of hydrogen-bond donors (Lipinski definition) is 3. The molecule has 1 saturated carbocycles. The summed E-state index contributed by atoms with van der Waals surface area (Å²) in [4.78, 5) is 0. The fraction of sp³-hybridized carbons (Fsp3) is 1.00. The van der Waals surface area contributed by atoms with Crippen LogP contribution >= 0.6 is 0 Å². The lowest BCUT2D eigenvalue weighted by molar-refractivity contribution is 0.0901. The molecule has 3 N–H and O–H groups in total. The predicted molar refractivity (Wildman–Crippen MR) is 57.3 cm³/mol. The lowest BCUT2D eigenvalue weighted by Gasteiger charge is -2.29. The van der Waals surface area contributed by atoms with Crippen LogP contribution in [0.15, 0.2) is 0 Å². The van der Waals surface area contributed by atoms with Crippen molar-refractivity contribution in [3.8, 4) is 0 Å². The Morgan fingerprint density at radius 2 is 2.00 bits per heavy atom. The molecule has 1 saturated heterocycles. The maximum absolute atomic E-state index is 9.76. The van der Waals surface area contributed by atoms with Crippen LogP contribution in [0.1, 0.15) is 38.5 Å². The van der Waals surface area contributed by atoms with E-state index in [0.29, 0.717) is 12.1 Å². The van der Waals surface area contributed by atoms with Gasteiger partial charge >= 0.3 is 0 Å². The lowest BCUT2D eigenvalue weighted by Crippen LogP contribution is -2.46. The Bertz CT molecular complexity index is 169. The van der Waals surface area contributed by atoms with Crippen LogP contribution in [0.5, 0.6) is 0 Å². The van der Waals surface area contributed by atoms with Gasteiger partial charge in [0.05, 0.1) is 6.10 Å². The molecule has 0 aromatic rings. The number of aliphatic hydroxyl groups is 1. The first-order valence-corrected chi connectivity index (χ1v) is 6.01. The third kappa shape index (κ3) is 2.69. The zero-order chi connectivity index (χ0) is 9.80. The van der Waals surface area contributed by atoms with E-state index in [1.54, 1.807) is 0 Å². The molecular formula is C11H22N2O. The highest BCUT2D eigenvalue weighted by Gasteiger charge is 2.23. The second-order valence-electron chi connectivity index (χ2n) is 4.66. The molecule has 1 aliphatic carbocycles. The zero-order valence-corrected chi connectivity index (χ0v) is 8.84. The van der Waals surface area contributed by atoms with Crippen molar-refractivity contribution in [2.75, 3.05) is 13.1 Å². The molecule has 3 heteroatoms. The quantitative estimate of drug-likeness (QED) is 0.623. The van der Waals surface area contributed by atoms with Crippen LogP contribution in [0, 0.1) is 0 Å². The molecule has 14 heavy (non-hydrogen) atoms. The van der Waals surface area contributed by atoms with Gasteiger partial charge in [-0.1, -0.05) is 12.8 Å². The van der Waals surface area contributed by atoms with Crippen molar-refractivity contribution in [1.29, 1.82) is 0 Å². The van der Waals surface area contributed by atoms with Crippen LogP contribution in [0.25, 0.3) is 0 Å². The van der Waals surface area contributed by atoms with Gasteiger partial charge in [0.25, 0.3) is 0 Å². The molecule has 3 atom stereocenters. The minimum Gasteiger partial charge on any atom is -0.392 e. The van der Waals surface area contributed by atoms with Crippen LogP contribution in [0.3, 0.4) is 0 Å². The average molecular weight is 198 g/mol. The van der Waals surface area contributed by atoms with Gasteiger partial charge in [-0.15, -0.1) is 0 Å². The Hall–Kier alpha value is -0.120. The Labute approximate surface area is 86.3 Å². The van der Waals surface area contributed by atoms with Crippen LogP contribution < -0.4 is 10.6 Å². The lowest BCUT2D eigenvalue weighted by atomic mass is 9.92. The van der Waals surface area contributed by atoms with Gasteiger partial charge in [-0.05, 0) is 32.2 Å². The SMILES string of the molecule is OC1CCCCC1NCC1CCCN1. The van der Waals surface area contributed by atoms with Crippen LogP contribution in [0.2, 0.25) is 0 Å².